The fourth-order valence-electron chi connectivity index (χ4n) is 3.98. The molecule has 0 radical (unpaired) electrons. The molecule has 0 spiro atoms. The van der Waals surface area contributed by atoms with E-state index < -0.39 is 29.4 Å². The zero-order valence-corrected chi connectivity index (χ0v) is 21.7. The van der Waals surface area contributed by atoms with Crippen LogP contribution in [0.5, 0.6) is 28.9 Å². The number of benzene rings is 2. The van der Waals surface area contributed by atoms with Gasteiger partial charge < -0.3 is 24.3 Å². The number of nitrogens with zero attached hydrogens (tertiary/aromatic N) is 1. The highest BCUT2D eigenvalue weighted by Gasteiger charge is 2.33. The van der Waals surface area contributed by atoms with Gasteiger partial charge in [-0.3, -0.25) is 9.59 Å². The third-order valence-electron chi connectivity index (χ3n) is 5.88. The third kappa shape index (κ3) is 6.78. The number of Topliss-reactive ketones (excluding diaryl/α,β-unsaturated/α-hetero) is 1. The molecule has 0 saturated heterocycles. The highest BCUT2D eigenvalue weighted by molar-refractivity contribution is 6.00. The van der Waals surface area contributed by atoms with Crippen LogP contribution in [0.15, 0.2) is 54.7 Å². The Morgan fingerprint density at radius 2 is 1.79 bits per heavy atom. The molecule has 39 heavy (non-hydrogen) atoms. The van der Waals surface area contributed by atoms with Crippen LogP contribution in [-0.2, 0) is 17.4 Å². The van der Waals surface area contributed by atoms with Crippen molar-refractivity contribution in [3.05, 3.63) is 71.4 Å². The molecule has 3 aromatic rings. The van der Waals surface area contributed by atoms with Crippen LogP contribution in [0.3, 0.4) is 0 Å². The molecule has 0 aliphatic carbocycles. The maximum atomic E-state index is 12.8. The highest BCUT2D eigenvalue weighted by atomic mass is 19.4. The van der Waals surface area contributed by atoms with E-state index in [1.807, 2.05) is 13.8 Å². The number of carbonyl (C=O) groups is 2. The molecular weight excluding hydrogens is 517 g/mol. The van der Waals surface area contributed by atoms with Gasteiger partial charge in [0, 0.05) is 29.8 Å². The van der Waals surface area contributed by atoms with E-state index >= 15 is 0 Å². The van der Waals surface area contributed by atoms with Gasteiger partial charge in [0.15, 0.2) is 23.4 Å². The lowest BCUT2D eigenvalue weighted by molar-refractivity contribution is -0.137. The minimum atomic E-state index is -4.48. The van der Waals surface area contributed by atoms with Crippen molar-refractivity contribution in [2.24, 2.45) is 0 Å². The zero-order chi connectivity index (χ0) is 28.4. The summed E-state index contributed by atoms with van der Waals surface area (Å²) in [6.45, 7) is 5.21. The minimum absolute atomic E-state index is 0.00805. The smallest absolute Gasteiger partial charge is 0.417 e. The topological polar surface area (TPSA) is 96.0 Å². The number of nitrogens with one attached hydrogen (secondary N) is 1. The number of hydrogen-bond donors (Lipinski definition) is 1. The number of rotatable bonds is 9. The molecule has 11 heteroatoms. The van der Waals surface area contributed by atoms with Crippen molar-refractivity contribution >= 4 is 11.7 Å². The first-order valence-corrected chi connectivity index (χ1v) is 12.0. The molecule has 4 rings (SSSR count). The molecular formula is C28H27F3N2O6. The first-order chi connectivity index (χ1) is 18.3. The molecule has 206 valence electrons. The molecule has 1 aromatic heterocycles. The largest absolute Gasteiger partial charge is 0.493 e. The average molecular weight is 545 g/mol. The van der Waals surface area contributed by atoms with E-state index in [9.17, 15) is 22.8 Å². The Hall–Kier alpha value is -4.28. The van der Waals surface area contributed by atoms with Crippen LogP contribution in [0, 0.1) is 0 Å². The van der Waals surface area contributed by atoms with Crippen molar-refractivity contribution in [1.29, 1.82) is 0 Å². The van der Waals surface area contributed by atoms with Crippen LogP contribution in [0.4, 0.5) is 13.2 Å². The third-order valence-corrected chi connectivity index (χ3v) is 5.88. The zero-order valence-electron chi connectivity index (χ0n) is 21.7. The molecule has 0 unspecified atom stereocenters. The lowest BCUT2D eigenvalue weighted by atomic mass is 9.98. The quantitative estimate of drug-likeness (QED) is 0.361. The van der Waals surface area contributed by atoms with Gasteiger partial charge in [-0.1, -0.05) is 0 Å². The van der Waals surface area contributed by atoms with E-state index in [0.717, 1.165) is 17.7 Å². The van der Waals surface area contributed by atoms with Crippen LogP contribution in [0.25, 0.3) is 0 Å². The molecule has 1 N–H and O–H groups in total. The second-order valence-electron chi connectivity index (χ2n) is 9.56. The Kier molecular flexibility index (Phi) is 7.71. The molecule has 2 heterocycles. The van der Waals surface area contributed by atoms with Gasteiger partial charge in [-0.05, 0) is 63.2 Å². The van der Waals surface area contributed by atoms with E-state index in [1.165, 1.54) is 38.3 Å². The Morgan fingerprint density at radius 1 is 1.10 bits per heavy atom. The summed E-state index contributed by atoms with van der Waals surface area (Å²) in [4.78, 5) is 29.0. The lowest BCUT2D eigenvalue weighted by Gasteiger charge is -2.17. The van der Waals surface area contributed by atoms with Crippen molar-refractivity contribution in [1.82, 2.24) is 10.3 Å². The number of hydrogen-bond acceptors (Lipinski definition) is 7. The normalized spacial score (nSPS) is 14.5. The van der Waals surface area contributed by atoms with Crippen LogP contribution in [-0.4, -0.2) is 42.0 Å². The number of aromatic nitrogens is 1. The number of ketones is 1. The van der Waals surface area contributed by atoms with Gasteiger partial charge in [0.25, 0.3) is 5.91 Å². The Bertz CT molecular complexity index is 1360. The van der Waals surface area contributed by atoms with Crippen molar-refractivity contribution in [2.45, 2.75) is 45.1 Å². The standard InChI is InChI=1S/C28H27F3N2O6/c1-16(37-20-6-8-21(9-7-20)38-24-10-5-19(14-32-24)28(29,30)31)26(35)33-15-22(34)17-11-18-13-27(2,3)39-25(18)23(12-17)36-4/h5-12,14,16H,13,15H2,1-4H3,(H,33,35)/t16-/m1/s1. The van der Waals surface area contributed by atoms with Gasteiger partial charge in [0.05, 0.1) is 19.2 Å². The minimum Gasteiger partial charge on any atom is -0.493 e. The molecule has 1 aliphatic rings. The van der Waals surface area contributed by atoms with Gasteiger partial charge in [0.2, 0.25) is 5.88 Å². The molecule has 0 bridgehead atoms. The number of carbonyl (C=O) groups excluding carboxylic acids is 2. The predicted molar refractivity (Wildman–Crippen MR) is 135 cm³/mol. The summed E-state index contributed by atoms with van der Waals surface area (Å²) < 4.78 is 60.4. The summed E-state index contributed by atoms with van der Waals surface area (Å²) in [5.41, 5.74) is -0.00817. The monoisotopic (exact) mass is 544 g/mol. The van der Waals surface area contributed by atoms with Crippen LogP contribution < -0.4 is 24.3 Å². The van der Waals surface area contributed by atoms with Crippen molar-refractivity contribution < 1.29 is 41.7 Å². The number of pyridine rings is 1. The van der Waals surface area contributed by atoms with Crippen LogP contribution in [0.1, 0.15) is 42.3 Å². The maximum Gasteiger partial charge on any atom is 0.417 e. The summed E-state index contributed by atoms with van der Waals surface area (Å²) >= 11 is 0. The first kappa shape index (κ1) is 27.7. The second kappa shape index (κ2) is 10.8. The van der Waals surface area contributed by atoms with Gasteiger partial charge in [-0.2, -0.15) is 13.2 Å². The molecule has 1 amide bonds. The number of halogens is 3. The van der Waals surface area contributed by atoms with E-state index in [4.69, 9.17) is 18.9 Å². The Morgan fingerprint density at radius 3 is 2.41 bits per heavy atom. The van der Waals surface area contributed by atoms with E-state index in [1.54, 1.807) is 12.1 Å². The predicted octanol–water partition coefficient (Wildman–Crippen LogP) is 5.38. The Labute approximate surface area is 223 Å². The summed E-state index contributed by atoms with van der Waals surface area (Å²) in [5.74, 6) is 0.961. The summed E-state index contributed by atoms with van der Waals surface area (Å²) in [6, 6.07) is 11.5. The number of fused-ring (bicyclic) bond motifs is 1. The number of ether oxygens (including phenoxy) is 4. The van der Waals surface area contributed by atoms with Crippen LogP contribution >= 0.6 is 0 Å². The summed E-state index contributed by atoms with van der Waals surface area (Å²) in [7, 11) is 1.50. The maximum absolute atomic E-state index is 12.8. The van der Waals surface area contributed by atoms with Gasteiger partial charge in [0.1, 0.15) is 17.1 Å². The number of alkyl halides is 3. The fraction of sp³-hybridized carbons (Fsp3) is 0.321. The fourth-order valence-corrected chi connectivity index (χ4v) is 3.98. The van der Waals surface area contributed by atoms with Gasteiger partial charge in [-0.25, -0.2) is 4.98 Å². The molecule has 2 aromatic carbocycles. The van der Waals surface area contributed by atoms with Crippen LogP contribution in [0.2, 0.25) is 0 Å². The molecule has 8 nitrogen and oxygen atoms in total. The van der Waals surface area contributed by atoms with E-state index in [-0.39, 0.29) is 18.2 Å². The summed E-state index contributed by atoms with van der Waals surface area (Å²) in [5, 5.41) is 2.58. The SMILES string of the molecule is COc1cc(C(=O)CNC(=O)[C@@H](C)Oc2ccc(Oc3ccc(C(F)(F)F)cn3)cc2)cc2c1OC(C)(C)C2. The van der Waals surface area contributed by atoms with E-state index in [2.05, 4.69) is 10.3 Å². The average Bonchev–Trinajstić information content (AvgIpc) is 3.21. The highest BCUT2D eigenvalue weighted by Crippen LogP contribution is 2.42. The molecule has 1 aliphatic heterocycles. The van der Waals surface area contributed by atoms with Gasteiger partial charge >= 0.3 is 6.18 Å². The van der Waals surface area contributed by atoms with E-state index in [0.29, 0.717) is 41.2 Å². The summed E-state index contributed by atoms with van der Waals surface area (Å²) in [6.07, 6.45) is -4.08. The number of methoxy groups -OCH3 is 1. The van der Waals surface area contributed by atoms with Crippen molar-refractivity contribution in [3.63, 3.8) is 0 Å². The molecule has 0 saturated carbocycles. The number of amides is 1. The molecule has 1 atom stereocenters. The molecule has 0 fully saturated rings. The Balaban J connectivity index is 1.29. The lowest BCUT2D eigenvalue weighted by Crippen LogP contribution is -2.39. The van der Waals surface area contributed by atoms with Crippen molar-refractivity contribution in [3.8, 4) is 28.9 Å². The van der Waals surface area contributed by atoms with Crippen molar-refractivity contribution in [2.75, 3.05) is 13.7 Å². The second-order valence-corrected chi connectivity index (χ2v) is 9.56. The first-order valence-electron chi connectivity index (χ1n) is 12.0. The van der Waals surface area contributed by atoms with Gasteiger partial charge in [-0.15, -0.1) is 0 Å².